The summed E-state index contributed by atoms with van der Waals surface area (Å²) in [4.78, 5) is 25.4. The molecule has 2 aliphatic heterocycles. The number of imidazole rings is 1. The normalized spacial score (nSPS) is 22.0. The van der Waals surface area contributed by atoms with Crippen molar-refractivity contribution in [3.63, 3.8) is 0 Å². The lowest BCUT2D eigenvalue weighted by Gasteiger charge is -2.54. The lowest BCUT2D eigenvalue weighted by atomic mass is 9.79. The fraction of sp³-hybridized carbons (Fsp3) is 0.481. The van der Waals surface area contributed by atoms with E-state index in [9.17, 15) is 4.79 Å². The molecular formula is C27H34N4O2. The van der Waals surface area contributed by atoms with E-state index in [1.165, 1.54) is 0 Å². The number of hydrogen-bond donors (Lipinski definition) is 1. The number of carbonyl (C=O) groups excluding carboxylic acids is 1. The predicted octanol–water partition coefficient (Wildman–Crippen LogP) is 4.27. The van der Waals surface area contributed by atoms with Crippen LogP contribution in [-0.2, 0) is 11.2 Å². The van der Waals surface area contributed by atoms with E-state index in [0.717, 1.165) is 55.1 Å². The molecule has 0 aliphatic carbocycles. The van der Waals surface area contributed by atoms with E-state index in [1.54, 1.807) is 0 Å². The number of para-hydroxylation sites is 3. The molecule has 3 aromatic rings. The summed E-state index contributed by atoms with van der Waals surface area (Å²) in [7, 11) is 0. The first-order chi connectivity index (χ1) is 16.1. The van der Waals surface area contributed by atoms with Gasteiger partial charge < -0.3 is 14.6 Å². The maximum Gasteiger partial charge on any atom is 0.223 e. The van der Waals surface area contributed by atoms with E-state index in [0.29, 0.717) is 30.8 Å². The summed E-state index contributed by atoms with van der Waals surface area (Å²) in [6, 6.07) is 19.1. The van der Waals surface area contributed by atoms with Gasteiger partial charge in [0.25, 0.3) is 0 Å². The zero-order valence-corrected chi connectivity index (χ0v) is 19.6. The standard InChI is InChI=1S/C27H34N4O2/c1-19(2)31-18-24(33-21-8-4-3-5-9-21)27(31)20-14-16-30(17-15-20)26(32)13-12-25-28-22-10-6-7-11-23(22)29-25/h3-11,19-20,24,27H,12-18H2,1-2H3,(H,28,29)/t24-,27-/m0/s1. The lowest BCUT2D eigenvalue weighted by molar-refractivity contribution is -0.135. The smallest absolute Gasteiger partial charge is 0.223 e. The molecule has 2 fully saturated rings. The first-order valence-corrected chi connectivity index (χ1v) is 12.3. The van der Waals surface area contributed by atoms with Crippen LogP contribution in [0.25, 0.3) is 11.0 Å². The van der Waals surface area contributed by atoms with Gasteiger partial charge in [0.15, 0.2) is 0 Å². The highest BCUT2D eigenvalue weighted by Crippen LogP contribution is 2.36. The average Bonchev–Trinajstić information content (AvgIpc) is 3.24. The van der Waals surface area contributed by atoms with E-state index < -0.39 is 0 Å². The molecule has 0 bridgehead atoms. The van der Waals surface area contributed by atoms with Gasteiger partial charge in [0.2, 0.25) is 5.91 Å². The Morgan fingerprint density at radius 1 is 1.09 bits per heavy atom. The van der Waals surface area contributed by atoms with Crippen molar-refractivity contribution < 1.29 is 9.53 Å². The van der Waals surface area contributed by atoms with Crippen LogP contribution in [0.1, 0.15) is 38.9 Å². The van der Waals surface area contributed by atoms with E-state index in [-0.39, 0.29) is 12.0 Å². The molecule has 2 atom stereocenters. The number of H-pyrrole nitrogens is 1. The molecule has 2 aromatic carbocycles. The molecule has 6 heteroatoms. The van der Waals surface area contributed by atoms with Crippen LogP contribution >= 0.6 is 0 Å². The number of aromatic amines is 1. The van der Waals surface area contributed by atoms with Crippen molar-refractivity contribution in [2.45, 2.75) is 57.7 Å². The van der Waals surface area contributed by atoms with Crippen LogP contribution in [0, 0.1) is 5.92 Å². The molecule has 1 aromatic heterocycles. The molecule has 6 nitrogen and oxygen atoms in total. The Morgan fingerprint density at radius 2 is 1.82 bits per heavy atom. The number of piperidine rings is 1. The maximum atomic E-state index is 12.9. The molecule has 174 valence electrons. The Balaban J connectivity index is 1.14. The number of likely N-dealkylation sites (tertiary alicyclic amines) is 2. The van der Waals surface area contributed by atoms with Crippen molar-refractivity contribution in [1.82, 2.24) is 19.8 Å². The number of aromatic nitrogens is 2. The quantitative estimate of drug-likeness (QED) is 0.589. The van der Waals surface area contributed by atoms with Crippen LogP contribution in [0.2, 0.25) is 0 Å². The molecule has 0 unspecified atom stereocenters. The number of nitrogens with zero attached hydrogens (tertiary/aromatic N) is 3. The second-order valence-corrected chi connectivity index (χ2v) is 9.67. The Kier molecular flexibility index (Phi) is 6.36. The van der Waals surface area contributed by atoms with E-state index in [2.05, 4.69) is 28.7 Å². The predicted molar refractivity (Wildman–Crippen MR) is 130 cm³/mol. The largest absolute Gasteiger partial charge is 0.487 e. The molecule has 2 aliphatic rings. The summed E-state index contributed by atoms with van der Waals surface area (Å²) in [5, 5.41) is 0. The first-order valence-electron chi connectivity index (χ1n) is 12.3. The van der Waals surface area contributed by atoms with Crippen molar-refractivity contribution >= 4 is 16.9 Å². The third-order valence-electron chi connectivity index (χ3n) is 7.24. The summed E-state index contributed by atoms with van der Waals surface area (Å²) in [6.07, 6.45) is 3.48. The molecule has 1 N–H and O–H groups in total. The van der Waals surface area contributed by atoms with Crippen LogP contribution in [-0.4, -0.2) is 63.5 Å². The fourth-order valence-electron chi connectivity index (χ4n) is 5.42. The number of amides is 1. The van der Waals surface area contributed by atoms with Crippen molar-refractivity contribution in [1.29, 1.82) is 0 Å². The van der Waals surface area contributed by atoms with E-state index in [4.69, 9.17) is 4.74 Å². The highest BCUT2D eigenvalue weighted by Gasteiger charge is 2.47. The van der Waals surface area contributed by atoms with Crippen molar-refractivity contribution in [3.8, 4) is 5.75 Å². The summed E-state index contributed by atoms with van der Waals surface area (Å²) in [5.41, 5.74) is 1.99. The van der Waals surface area contributed by atoms with E-state index >= 15 is 0 Å². The molecule has 3 heterocycles. The number of hydrogen-bond acceptors (Lipinski definition) is 4. The van der Waals surface area contributed by atoms with Crippen molar-refractivity contribution in [3.05, 3.63) is 60.4 Å². The van der Waals surface area contributed by atoms with Gasteiger partial charge in [-0.25, -0.2) is 4.98 Å². The topological polar surface area (TPSA) is 61.5 Å². The second-order valence-electron chi connectivity index (χ2n) is 9.67. The highest BCUT2D eigenvalue weighted by atomic mass is 16.5. The molecule has 0 radical (unpaired) electrons. The molecule has 33 heavy (non-hydrogen) atoms. The molecule has 5 rings (SSSR count). The summed E-state index contributed by atoms with van der Waals surface area (Å²) in [6.45, 7) is 7.19. The summed E-state index contributed by atoms with van der Waals surface area (Å²) in [5.74, 6) is 2.64. The highest BCUT2D eigenvalue weighted by molar-refractivity contribution is 5.77. The van der Waals surface area contributed by atoms with Gasteiger partial charge in [-0.2, -0.15) is 0 Å². The Hall–Kier alpha value is -2.86. The van der Waals surface area contributed by atoms with Gasteiger partial charge in [0, 0.05) is 38.5 Å². The minimum absolute atomic E-state index is 0.232. The summed E-state index contributed by atoms with van der Waals surface area (Å²) >= 11 is 0. The molecule has 0 spiro atoms. The summed E-state index contributed by atoms with van der Waals surface area (Å²) < 4.78 is 6.35. The minimum Gasteiger partial charge on any atom is -0.487 e. The van der Waals surface area contributed by atoms with Crippen molar-refractivity contribution in [2.24, 2.45) is 5.92 Å². The first kappa shape index (κ1) is 22.0. The van der Waals surface area contributed by atoms with Crippen LogP contribution in [0.4, 0.5) is 0 Å². The van der Waals surface area contributed by atoms with Gasteiger partial charge >= 0.3 is 0 Å². The zero-order chi connectivity index (χ0) is 22.8. The number of nitrogens with one attached hydrogen (secondary N) is 1. The van der Waals surface area contributed by atoms with E-state index in [1.807, 2.05) is 59.5 Å². The number of carbonyl (C=O) groups is 1. The van der Waals surface area contributed by atoms with Gasteiger partial charge in [0.1, 0.15) is 17.7 Å². The van der Waals surface area contributed by atoms with Crippen molar-refractivity contribution in [2.75, 3.05) is 19.6 Å². The fourth-order valence-corrected chi connectivity index (χ4v) is 5.42. The van der Waals surface area contributed by atoms with Gasteiger partial charge in [0.05, 0.1) is 17.1 Å². The van der Waals surface area contributed by atoms with Gasteiger partial charge in [-0.3, -0.25) is 9.69 Å². The maximum absolute atomic E-state index is 12.9. The monoisotopic (exact) mass is 446 g/mol. The number of aryl methyl sites for hydroxylation is 1. The molecular weight excluding hydrogens is 412 g/mol. The SMILES string of the molecule is CC(C)N1C[C@H](Oc2ccccc2)[C@@H]1C1CCN(C(=O)CCc2nc3ccccc3[nH]2)CC1. The minimum atomic E-state index is 0.232. The number of rotatable bonds is 7. The van der Waals surface area contributed by atoms with Crippen LogP contribution in [0.3, 0.4) is 0 Å². The van der Waals surface area contributed by atoms with Crippen LogP contribution in [0.5, 0.6) is 5.75 Å². The van der Waals surface area contributed by atoms with Crippen LogP contribution in [0.15, 0.2) is 54.6 Å². The van der Waals surface area contributed by atoms with Gasteiger partial charge in [-0.05, 0) is 56.9 Å². The third kappa shape index (κ3) is 4.76. The molecule has 1 amide bonds. The Morgan fingerprint density at radius 3 is 2.55 bits per heavy atom. The van der Waals surface area contributed by atoms with Crippen LogP contribution < -0.4 is 4.74 Å². The number of ether oxygens (including phenoxy) is 1. The number of fused-ring (bicyclic) bond motifs is 1. The lowest BCUT2D eigenvalue weighted by Crippen LogP contribution is -2.68. The second kappa shape index (κ2) is 9.56. The van der Waals surface area contributed by atoms with Gasteiger partial charge in [-0.15, -0.1) is 0 Å². The Bertz CT molecular complexity index is 1040. The Labute approximate surface area is 195 Å². The zero-order valence-electron chi connectivity index (χ0n) is 19.6. The number of benzene rings is 2. The average molecular weight is 447 g/mol. The molecule has 2 saturated heterocycles. The van der Waals surface area contributed by atoms with Gasteiger partial charge in [-0.1, -0.05) is 30.3 Å². The molecule has 0 saturated carbocycles. The third-order valence-corrected chi connectivity index (χ3v) is 7.24.